The predicted molar refractivity (Wildman–Crippen MR) is 242 cm³/mol. The van der Waals surface area contributed by atoms with Crippen LogP contribution in [0.25, 0.3) is 0 Å². The second-order valence-corrected chi connectivity index (χ2v) is 17.4. The van der Waals surface area contributed by atoms with E-state index >= 15 is 0 Å². The normalized spacial score (nSPS) is 23.1. The van der Waals surface area contributed by atoms with E-state index in [9.17, 15) is 28.8 Å². The van der Waals surface area contributed by atoms with Crippen molar-refractivity contribution in [3.63, 3.8) is 0 Å². The van der Waals surface area contributed by atoms with E-state index in [4.69, 9.17) is 14.2 Å². The van der Waals surface area contributed by atoms with Gasteiger partial charge in [-0.3, -0.25) is 33.7 Å². The van der Waals surface area contributed by atoms with Gasteiger partial charge in [0, 0.05) is 59.0 Å². The molecule has 2 aliphatic heterocycles. The van der Waals surface area contributed by atoms with E-state index in [1.807, 2.05) is 6.07 Å². The van der Waals surface area contributed by atoms with Gasteiger partial charge in [0.05, 0.1) is 7.11 Å². The molecule has 1 saturated heterocycles. The maximum atomic E-state index is 14.9. The third kappa shape index (κ3) is 11.9. The molecule has 0 radical (unpaired) electrons. The van der Waals surface area contributed by atoms with Crippen LogP contribution in [0.3, 0.4) is 0 Å². The Morgan fingerprint density at radius 1 is 0.672 bits per heavy atom. The molecule has 0 aliphatic carbocycles. The Hall–Kier alpha value is -6.16. The Morgan fingerprint density at radius 2 is 1.25 bits per heavy atom. The molecule has 5 rings (SSSR count). The number of likely N-dealkylation sites (N-methyl/N-ethyl adjacent to an activating group) is 3. The van der Waals surface area contributed by atoms with Crippen LogP contribution in [-0.2, 0) is 48.0 Å². The first kappa shape index (κ1) is 48.9. The van der Waals surface area contributed by atoms with Gasteiger partial charge < -0.3 is 44.9 Å². The second-order valence-electron chi connectivity index (χ2n) is 17.4. The Balaban J connectivity index is 1.56. The number of carbonyl (C=O) groups is 6. The molecule has 6 amide bonds. The number of nitrogens with one attached hydrogen (secondary N) is 3. The van der Waals surface area contributed by atoms with E-state index in [0.29, 0.717) is 64.9 Å². The molecule has 16 nitrogen and oxygen atoms in total. The maximum absolute atomic E-state index is 14.9. The lowest BCUT2D eigenvalue weighted by Crippen LogP contribution is -2.61. The van der Waals surface area contributed by atoms with Crippen LogP contribution >= 0.6 is 0 Å². The minimum atomic E-state index is -1.18. The molecule has 6 bridgehead atoms. The van der Waals surface area contributed by atoms with Crippen molar-refractivity contribution in [2.75, 3.05) is 41.4 Å². The van der Waals surface area contributed by atoms with E-state index in [1.54, 1.807) is 60.7 Å². The van der Waals surface area contributed by atoms with Gasteiger partial charge in [0.2, 0.25) is 35.4 Å². The Labute approximate surface area is 376 Å². The molecule has 6 atom stereocenters. The number of methoxy groups -OCH3 is 1. The molecule has 64 heavy (non-hydrogen) atoms. The summed E-state index contributed by atoms with van der Waals surface area (Å²) in [6.07, 6.45) is 0.0860. The van der Waals surface area contributed by atoms with Crippen molar-refractivity contribution in [1.29, 1.82) is 0 Å². The number of amides is 6. The number of carbonyl (C=O) groups excluding carboxylic acids is 6. The number of fused-ring (bicyclic) bond motifs is 7. The van der Waals surface area contributed by atoms with Crippen LogP contribution in [-0.4, -0.2) is 145 Å². The molecule has 0 aromatic heterocycles. The summed E-state index contributed by atoms with van der Waals surface area (Å²) in [4.78, 5) is 91.6. The van der Waals surface area contributed by atoms with Crippen molar-refractivity contribution < 1.29 is 43.0 Å². The number of nitrogens with zero attached hydrogens (tertiary/aromatic N) is 4. The number of benzene rings is 3. The van der Waals surface area contributed by atoms with E-state index in [0.717, 1.165) is 0 Å². The number of hydrogen-bond acceptors (Lipinski definition) is 10. The molecule has 16 heteroatoms. The highest BCUT2D eigenvalue weighted by Crippen LogP contribution is 2.35. The van der Waals surface area contributed by atoms with Crippen LogP contribution in [0.5, 0.6) is 23.0 Å². The van der Waals surface area contributed by atoms with Gasteiger partial charge in [-0.05, 0) is 102 Å². The van der Waals surface area contributed by atoms with Crippen molar-refractivity contribution in [3.8, 4) is 23.0 Å². The fourth-order valence-electron chi connectivity index (χ4n) is 8.20. The van der Waals surface area contributed by atoms with Crippen LogP contribution in [0.4, 0.5) is 0 Å². The highest BCUT2D eigenvalue weighted by molar-refractivity contribution is 5.98. The molecular formula is C48H65N7O9. The summed E-state index contributed by atoms with van der Waals surface area (Å²) in [5, 5.41) is 8.23. The molecule has 3 aromatic rings. The summed E-state index contributed by atoms with van der Waals surface area (Å²) in [6.45, 7) is 14.1. The molecule has 0 unspecified atom stereocenters. The molecule has 3 N–H and O–H groups in total. The summed E-state index contributed by atoms with van der Waals surface area (Å²) in [6, 6.07) is 13.3. The molecule has 1 fully saturated rings. The number of rotatable bonds is 9. The number of hydrogen-bond donors (Lipinski definition) is 3. The Bertz CT molecular complexity index is 2150. The summed E-state index contributed by atoms with van der Waals surface area (Å²) in [5.41, 5.74) is 2.00. The zero-order valence-electron chi connectivity index (χ0n) is 39.0. The monoisotopic (exact) mass is 883 g/mol. The van der Waals surface area contributed by atoms with Gasteiger partial charge in [-0.1, -0.05) is 30.3 Å². The SMILES string of the molecule is COc1ccc(C[C@H]2C(=O)N[C@H](C)C(=O)N(C)[C@H]3Cc4cccc(c4)Oc4cc(ccc4OCCN(C(C)C)C(C)C)C[C@@H](C(=O)N[C@H](C)C(=O)N[C@@H](C)C(=O)N2C)N(C)C3=O)cc1. The topological polar surface area (TPSA) is 179 Å². The zero-order chi connectivity index (χ0) is 47.0. The van der Waals surface area contributed by atoms with Gasteiger partial charge in [0.1, 0.15) is 54.4 Å². The first-order chi connectivity index (χ1) is 30.3. The number of ether oxygens (including phenoxy) is 3. The highest BCUT2D eigenvalue weighted by atomic mass is 16.5. The van der Waals surface area contributed by atoms with Crippen molar-refractivity contribution in [2.45, 2.75) is 116 Å². The minimum absolute atomic E-state index is 0.00276. The first-order valence-corrected chi connectivity index (χ1v) is 21.9. The molecule has 346 valence electrons. The predicted octanol–water partition coefficient (Wildman–Crippen LogP) is 3.34. The van der Waals surface area contributed by atoms with Gasteiger partial charge >= 0.3 is 0 Å². The fraction of sp³-hybridized carbons (Fsp3) is 0.500. The van der Waals surface area contributed by atoms with Gasteiger partial charge in [0.15, 0.2) is 11.5 Å². The van der Waals surface area contributed by atoms with E-state index in [2.05, 4.69) is 48.5 Å². The largest absolute Gasteiger partial charge is 0.497 e. The fourth-order valence-corrected chi connectivity index (χ4v) is 8.20. The van der Waals surface area contributed by atoms with Crippen LogP contribution < -0.4 is 30.2 Å². The molecule has 0 spiro atoms. The Morgan fingerprint density at radius 3 is 1.89 bits per heavy atom. The van der Waals surface area contributed by atoms with E-state index < -0.39 is 71.7 Å². The molecule has 2 heterocycles. The smallest absolute Gasteiger partial charge is 0.246 e. The van der Waals surface area contributed by atoms with Crippen LogP contribution in [0.15, 0.2) is 66.7 Å². The summed E-state index contributed by atoms with van der Waals surface area (Å²) >= 11 is 0. The summed E-state index contributed by atoms with van der Waals surface area (Å²) in [7, 11) is 5.97. The maximum Gasteiger partial charge on any atom is 0.246 e. The average molecular weight is 884 g/mol. The van der Waals surface area contributed by atoms with Crippen LogP contribution in [0.1, 0.15) is 65.2 Å². The van der Waals surface area contributed by atoms with E-state index in [-0.39, 0.29) is 19.3 Å². The van der Waals surface area contributed by atoms with Crippen LogP contribution in [0.2, 0.25) is 0 Å². The third-order valence-electron chi connectivity index (χ3n) is 12.1. The Kier molecular flexibility index (Phi) is 16.4. The average Bonchev–Trinajstić information content (AvgIpc) is 3.26. The standard InChI is InChI=1S/C48H65N7O9/c1-28(2)55(29(3)4)21-22-63-41-20-17-35-25-39-44(57)49-30(5)43(56)50-31(6)46(59)52(8)38(24-33-15-18-36(62-11)19-16-33)45(58)51-32(7)47(60)54(10)40(48(61)53(39)9)26-34-13-12-14-37(23-34)64-42(41)27-35/h12-20,23,27-32,38-40H,21-22,24-26H2,1-11H3,(H,49,57)(H,50,56)(H,51,58)/t30-,31+,32-,38+,39+,40+/m1/s1. The highest BCUT2D eigenvalue weighted by Gasteiger charge is 2.39. The lowest BCUT2D eigenvalue weighted by molar-refractivity contribution is -0.149. The lowest BCUT2D eigenvalue weighted by atomic mass is 9.99. The van der Waals surface area contributed by atoms with Crippen LogP contribution in [0, 0.1) is 0 Å². The molecular weight excluding hydrogens is 819 g/mol. The van der Waals surface area contributed by atoms with Crippen molar-refractivity contribution in [3.05, 3.63) is 83.4 Å². The van der Waals surface area contributed by atoms with Gasteiger partial charge in [0.25, 0.3) is 0 Å². The lowest BCUT2D eigenvalue weighted by Gasteiger charge is -2.36. The van der Waals surface area contributed by atoms with Gasteiger partial charge in [-0.15, -0.1) is 0 Å². The third-order valence-corrected chi connectivity index (χ3v) is 12.1. The van der Waals surface area contributed by atoms with Gasteiger partial charge in [-0.2, -0.15) is 0 Å². The van der Waals surface area contributed by atoms with Gasteiger partial charge in [-0.25, -0.2) is 0 Å². The second kappa shape index (κ2) is 21.5. The van der Waals surface area contributed by atoms with Crippen molar-refractivity contribution in [2.24, 2.45) is 0 Å². The summed E-state index contributed by atoms with van der Waals surface area (Å²) < 4.78 is 18.1. The summed E-state index contributed by atoms with van der Waals surface area (Å²) in [5.74, 6) is -1.63. The van der Waals surface area contributed by atoms with E-state index in [1.165, 1.54) is 63.7 Å². The molecule has 3 aromatic carbocycles. The minimum Gasteiger partial charge on any atom is -0.497 e. The van der Waals surface area contributed by atoms with Crippen molar-refractivity contribution >= 4 is 35.4 Å². The van der Waals surface area contributed by atoms with Crippen molar-refractivity contribution in [1.82, 2.24) is 35.6 Å². The molecule has 0 saturated carbocycles. The molecule has 2 aliphatic rings. The first-order valence-electron chi connectivity index (χ1n) is 21.9. The zero-order valence-corrected chi connectivity index (χ0v) is 39.0. The quantitative estimate of drug-likeness (QED) is 0.289.